The number of rotatable bonds is 19. The number of hydrogen-bond acceptors (Lipinski definition) is 12. The molecule has 2 aromatic heterocycles. The summed E-state index contributed by atoms with van der Waals surface area (Å²) in [6.07, 6.45) is 14.4. The van der Waals surface area contributed by atoms with Gasteiger partial charge in [0.25, 0.3) is 0 Å². The Hall–Kier alpha value is -4.90. The second-order valence-corrected chi connectivity index (χ2v) is 18.4. The minimum Gasteiger partial charge on any atom is -0.870 e. The first-order valence-electron chi connectivity index (χ1n) is 24.8. The van der Waals surface area contributed by atoms with Crippen molar-refractivity contribution in [2.45, 2.75) is 122 Å². The molecule has 2 atom stereocenters. The molecule has 0 radical (unpaired) electrons. The predicted octanol–water partition coefficient (Wildman–Crippen LogP) is 5.82. The number of hydrogen-bond donors (Lipinski definition) is 3. The van der Waals surface area contributed by atoms with Crippen LogP contribution in [0.15, 0.2) is 84.9 Å². The summed E-state index contributed by atoms with van der Waals surface area (Å²) in [6, 6.07) is 26.8. The van der Waals surface area contributed by atoms with Crippen LogP contribution in [0.25, 0.3) is 0 Å². The molecule has 0 saturated carbocycles. The molecule has 4 aliphatic heterocycles. The van der Waals surface area contributed by atoms with E-state index in [4.69, 9.17) is 14.7 Å². The van der Waals surface area contributed by atoms with E-state index < -0.39 is 18.1 Å². The monoisotopic (exact) mass is 923 g/mol. The second kappa shape index (κ2) is 27.9. The summed E-state index contributed by atoms with van der Waals surface area (Å²) in [5.74, 6) is 1.90. The van der Waals surface area contributed by atoms with Gasteiger partial charge in [-0.25, -0.2) is 14.8 Å². The number of carboxylic acid groups (broad SMARTS) is 1. The number of aromatic nitrogens is 2. The van der Waals surface area contributed by atoms with Gasteiger partial charge in [0.1, 0.15) is 35.3 Å². The maximum Gasteiger partial charge on any atom is 1.00 e. The van der Waals surface area contributed by atoms with E-state index in [1.807, 2.05) is 72.5 Å². The first kappa shape index (κ1) is 54.0. The molecular formula is C54H71LiN6O7. The Kier molecular flexibility index (Phi) is 22.2. The van der Waals surface area contributed by atoms with Crippen LogP contribution in [-0.2, 0) is 49.6 Å². The number of aryl methyl sites for hydroxylation is 4. The van der Waals surface area contributed by atoms with Crippen LogP contribution in [0.5, 0.6) is 0 Å². The van der Waals surface area contributed by atoms with Crippen molar-refractivity contribution in [1.29, 1.82) is 0 Å². The minimum atomic E-state index is -0.827. The van der Waals surface area contributed by atoms with E-state index in [2.05, 4.69) is 39.8 Å². The van der Waals surface area contributed by atoms with Crippen LogP contribution in [0.1, 0.15) is 130 Å². The minimum absolute atomic E-state index is 0. The Morgan fingerprint density at radius 1 is 0.632 bits per heavy atom. The van der Waals surface area contributed by atoms with E-state index in [0.717, 1.165) is 144 Å². The number of likely N-dealkylation sites (tertiary alicyclic amines) is 2. The second-order valence-electron chi connectivity index (χ2n) is 18.4. The number of pyridine rings is 2. The zero-order chi connectivity index (χ0) is 46.1. The number of carbonyl (C=O) groups is 4. The number of ether oxygens (including phenoxy) is 1. The van der Waals surface area contributed by atoms with Crippen molar-refractivity contribution < 1.29 is 53.4 Å². The van der Waals surface area contributed by atoms with Crippen LogP contribution >= 0.6 is 0 Å². The molecule has 2 saturated heterocycles. The molecule has 2 aromatic carbocycles. The topological polar surface area (TPSA) is 184 Å². The number of carbonyl (C=O) groups excluding carboxylic acids is 3. The number of anilines is 2. The fourth-order valence-electron chi connectivity index (χ4n) is 10.1. The maximum atomic E-state index is 12.8. The van der Waals surface area contributed by atoms with Gasteiger partial charge in [0.2, 0.25) is 0 Å². The number of Topliss-reactive ketones (excluding diaryl/α,β-unsaturated/α-hetero) is 2. The molecule has 0 amide bonds. The van der Waals surface area contributed by atoms with Crippen LogP contribution < -0.4 is 29.5 Å². The molecule has 68 heavy (non-hydrogen) atoms. The largest absolute Gasteiger partial charge is 1.00 e. The number of fused-ring (bicyclic) bond motifs is 2. The van der Waals surface area contributed by atoms with Gasteiger partial charge < -0.3 is 26.0 Å². The Balaban J connectivity index is 0.000000247. The molecule has 14 heteroatoms. The summed E-state index contributed by atoms with van der Waals surface area (Å²) < 4.78 is 5.36. The predicted molar refractivity (Wildman–Crippen MR) is 260 cm³/mol. The van der Waals surface area contributed by atoms with E-state index in [-0.39, 0.29) is 42.1 Å². The van der Waals surface area contributed by atoms with E-state index in [1.165, 1.54) is 17.5 Å². The van der Waals surface area contributed by atoms with Crippen LogP contribution in [-0.4, -0.2) is 99.7 Å². The average molecular weight is 923 g/mol. The van der Waals surface area contributed by atoms with Crippen LogP contribution in [0.3, 0.4) is 0 Å². The maximum absolute atomic E-state index is 12.8. The van der Waals surface area contributed by atoms with Crippen molar-refractivity contribution in [1.82, 2.24) is 19.8 Å². The summed E-state index contributed by atoms with van der Waals surface area (Å²) >= 11 is 0. The Bertz CT molecular complexity index is 2200. The van der Waals surface area contributed by atoms with Gasteiger partial charge in [-0.3, -0.25) is 24.2 Å². The molecule has 13 nitrogen and oxygen atoms in total. The smallest absolute Gasteiger partial charge is 0.870 e. The van der Waals surface area contributed by atoms with Crippen molar-refractivity contribution in [2.75, 3.05) is 56.5 Å². The van der Waals surface area contributed by atoms with Crippen molar-refractivity contribution in [3.63, 3.8) is 0 Å². The summed E-state index contributed by atoms with van der Waals surface area (Å²) in [6.45, 7) is 6.97. The number of nitrogens with zero attached hydrogens (tertiary/aromatic N) is 4. The number of nitrogens with one attached hydrogen (secondary N) is 2. The molecule has 4 aromatic rings. The van der Waals surface area contributed by atoms with Crippen molar-refractivity contribution in [3.05, 3.63) is 119 Å². The molecule has 2 unspecified atom stereocenters. The van der Waals surface area contributed by atoms with Gasteiger partial charge in [0.15, 0.2) is 0 Å². The Morgan fingerprint density at radius 3 is 1.49 bits per heavy atom. The third kappa shape index (κ3) is 15.3. The van der Waals surface area contributed by atoms with Crippen molar-refractivity contribution >= 4 is 35.1 Å². The van der Waals surface area contributed by atoms with Gasteiger partial charge >= 0.3 is 30.8 Å². The van der Waals surface area contributed by atoms with E-state index in [9.17, 15) is 24.3 Å². The summed E-state index contributed by atoms with van der Waals surface area (Å²) in [7, 11) is 0. The molecule has 0 spiro atoms. The molecular weight excluding hydrogens is 852 g/mol. The van der Waals surface area contributed by atoms with Gasteiger partial charge in [-0.1, -0.05) is 72.8 Å². The van der Waals surface area contributed by atoms with Crippen LogP contribution in [0.4, 0.5) is 11.6 Å². The summed E-state index contributed by atoms with van der Waals surface area (Å²) in [5, 5.41) is 16.5. The van der Waals surface area contributed by atoms with Gasteiger partial charge in [0.05, 0.1) is 6.61 Å². The molecule has 4 aliphatic rings. The summed E-state index contributed by atoms with van der Waals surface area (Å²) in [5.41, 5.74) is 6.58. The molecule has 2 fully saturated rings. The van der Waals surface area contributed by atoms with Crippen LogP contribution in [0, 0.1) is 11.8 Å². The third-order valence-electron chi connectivity index (χ3n) is 13.8. The van der Waals surface area contributed by atoms with Crippen LogP contribution in [0.2, 0.25) is 0 Å². The number of ketones is 2. The van der Waals surface area contributed by atoms with Gasteiger partial charge in [-0.05, 0) is 157 Å². The summed E-state index contributed by atoms with van der Waals surface area (Å²) in [4.78, 5) is 63.8. The first-order valence-corrected chi connectivity index (χ1v) is 24.8. The Morgan fingerprint density at radius 2 is 1.06 bits per heavy atom. The first-order chi connectivity index (χ1) is 32.3. The van der Waals surface area contributed by atoms with Crippen molar-refractivity contribution in [3.8, 4) is 0 Å². The van der Waals surface area contributed by atoms with Crippen molar-refractivity contribution in [2.24, 2.45) is 11.8 Å². The number of esters is 1. The quantitative estimate of drug-likeness (QED) is 0.0581. The molecule has 8 rings (SSSR count). The zero-order valence-electron chi connectivity index (χ0n) is 40.4. The molecule has 6 heterocycles. The SMILES string of the molecule is CCOC(=O)C(c1ccccc1)N1CCC(C(=O)CCCCc2ccc3c(n2)NCCC3)CC1.O=C(CCCCc1ccc2c(n1)NCCC2)C1CCN(C(C(=O)O)c2ccccc2)CC1.[Li+].[OH-]. The zero-order valence-corrected chi connectivity index (χ0v) is 40.4. The van der Waals surface area contributed by atoms with Gasteiger partial charge in [-0.15, -0.1) is 0 Å². The molecule has 0 aliphatic carbocycles. The van der Waals surface area contributed by atoms with E-state index in [0.29, 0.717) is 44.1 Å². The fraction of sp³-hybridized carbons (Fsp3) is 0.519. The van der Waals surface area contributed by atoms with E-state index in [1.54, 1.807) is 0 Å². The van der Waals surface area contributed by atoms with Gasteiger partial charge in [0, 0.05) is 49.2 Å². The Labute approximate surface area is 415 Å². The molecule has 0 bridgehead atoms. The number of aliphatic carboxylic acids is 1. The standard InChI is InChI=1S/C28H37N3O3.C26H33N3O3.Li.H2O/c1-2-34-28(33)26(22-9-4-3-5-10-22)31-19-16-21(17-20-31)25(32)13-7-6-12-24-15-14-23-11-8-18-29-27(23)30-24;30-23(11-5-4-10-22-13-12-21-9-6-16-27-25(21)28-22)19-14-17-29(18-15-19)24(26(31)32)20-7-2-1-3-8-20;;/h3-5,9-10,14-15,21,26H,2,6-8,11-13,16-20H2,1H3,(H,29,30);1-3,7-8,12-13,19,24H,4-6,9-11,14-18H2,(H,27,28)(H,31,32);;1H2/q;;+1;/p-1. The number of piperidine rings is 2. The average Bonchev–Trinajstić information content (AvgIpc) is 3.35. The molecule has 4 N–H and O–H groups in total. The number of unbranched alkanes of at least 4 members (excludes halogenated alkanes) is 2. The third-order valence-corrected chi connectivity index (χ3v) is 13.8. The normalized spacial score (nSPS) is 17.1. The van der Waals surface area contributed by atoms with E-state index >= 15 is 0 Å². The van der Waals surface area contributed by atoms with Gasteiger partial charge in [-0.2, -0.15) is 0 Å². The number of carboxylic acids is 1. The molecule has 360 valence electrons. The number of benzene rings is 2. The fourth-order valence-corrected chi connectivity index (χ4v) is 10.1.